The minimum Gasteiger partial charge on any atom is -0.493 e. The molecular weight excluding hydrogens is 348 g/mol. The molecule has 2 aromatic rings. The molecule has 1 heterocycles. The summed E-state index contributed by atoms with van der Waals surface area (Å²) in [5, 5.41) is 10.4. The van der Waals surface area contributed by atoms with E-state index in [2.05, 4.69) is 13.0 Å². The Balaban J connectivity index is 2.01. The second-order valence-corrected chi connectivity index (χ2v) is 7.45. The Morgan fingerprint density at radius 1 is 1.23 bits per heavy atom. The molecule has 1 unspecified atom stereocenters. The number of aryl methyl sites for hydroxylation is 1. The molecule has 26 heavy (non-hydrogen) atoms. The van der Waals surface area contributed by atoms with Gasteiger partial charge in [0.15, 0.2) is 11.5 Å². The van der Waals surface area contributed by atoms with E-state index in [1.807, 2.05) is 18.2 Å². The first-order chi connectivity index (χ1) is 12.6. The number of nitriles is 1. The third-order valence-corrected chi connectivity index (χ3v) is 5.69. The molecule has 3 rings (SSSR count). The molecule has 1 aromatic carbocycles. The molecule has 0 N–H and O–H groups in total. The van der Waals surface area contributed by atoms with E-state index in [0.717, 1.165) is 35.5 Å². The van der Waals surface area contributed by atoms with Crippen LogP contribution in [0.15, 0.2) is 12.1 Å². The highest BCUT2D eigenvalue weighted by Gasteiger charge is 2.21. The quantitative estimate of drug-likeness (QED) is 0.732. The molecule has 0 amide bonds. The van der Waals surface area contributed by atoms with Crippen LogP contribution in [-0.4, -0.2) is 26.3 Å². The van der Waals surface area contributed by atoms with Gasteiger partial charge in [-0.05, 0) is 49.0 Å². The zero-order chi connectivity index (χ0) is 18.7. The molecule has 136 valence electrons. The van der Waals surface area contributed by atoms with Crippen molar-refractivity contribution >= 4 is 23.0 Å². The molecule has 0 saturated heterocycles. The maximum atomic E-state index is 9.67. The molecule has 0 saturated carbocycles. The van der Waals surface area contributed by atoms with Crippen LogP contribution >= 0.6 is 11.3 Å². The van der Waals surface area contributed by atoms with Gasteiger partial charge in [-0.1, -0.05) is 6.92 Å². The van der Waals surface area contributed by atoms with Crippen molar-refractivity contribution in [1.29, 1.82) is 5.26 Å². The first-order valence-corrected chi connectivity index (χ1v) is 9.32. The van der Waals surface area contributed by atoms with Gasteiger partial charge < -0.3 is 14.2 Å². The second-order valence-electron chi connectivity index (χ2n) is 6.37. The van der Waals surface area contributed by atoms with Gasteiger partial charge >= 0.3 is 0 Å². The molecule has 0 fully saturated rings. The highest BCUT2D eigenvalue weighted by molar-refractivity contribution is 7.13. The van der Waals surface area contributed by atoms with Crippen LogP contribution in [0.3, 0.4) is 0 Å². The minimum atomic E-state index is 0.532. The van der Waals surface area contributed by atoms with Crippen molar-refractivity contribution < 1.29 is 14.2 Å². The molecule has 1 atom stereocenters. The van der Waals surface area contributed by atoms with Gasteiger partial charge in [-0.15, -0.1) is 11.3 Å². The number of thiazole rings is 1. The van der Waals surface area contributed by atoms with Crippen LogP contribution in [0.1, 0.15) is 34.5 Å². The SMILES string of the molecule is COc1cc(C=C(C#N)c2nc3c(s2)CC(C)CC3)cc(OC)c1OC. The van der Waals surface area contributed by atoms with E-state index in [-0.39, 0.29) is 0 Å². The molecule has 1 aromatic heterocycles. The highest BCUT2D eigenvalue weighted by Crippen LogP contribution is 2.39. The van der Waals surface area contributed by atoms with Gasteiger partial charge in [0.2, 0.25) is 5.75 Å². The van der Waals surface area contributed by atoms with Crippen LogP contribution in [0.2, 0.25) is 0 Å². The third-order valence-electron chi connectivity index (χ3n) is 4.53. The average molecular weight is 370 g/mol. The van der Waals surface area contributed by atoms with Gasteiger partial charge in [-0.2, -0.15) is 5.26 Å². The fourth-order valence-electron chi connectivity index (χ4n) is 3.15. The predicted octanol–water partition coefficient (Wildman–Crippen LogP) is 4.36. The number of allylic oxidation sites excluding steroid dienone is 1. The minimum absolute atomic E-state index is 0.532. The number of benzene rings is 1. The summed E-state index contributed by atoms with van der Waals surface area (Å²) in [5.41, 5.74) is 2.50. The number of methoxy groups -OCH3 is 3. The van der Waals surface area contributed by atoms with E-state index in [4.69, 9.17) is 19.2 Å². The molecule has 0 radical (unpaired) electrons. The van der Waals surface area contributed by atoms with E-state index in [0.29, 0.717) is 28.7 Å². The Kier molecular flexibility index (Phi) is 5.48. The summed E-state index contributed by atoms with van der Waals surface area (Å²) in [6, 6.07) is 5.94. The third kappa shape index (κ3) is 3.54. The first-order valence-electron chi connectivity index (χ1n) is 8.50. The Hall–Kier alpha value is -2.52. The zero-order valence-corrected chi connectivity index (χ0v) is 16.3. The van der Waals surface area contributed by atoms with Gasteiger partial charge in [-0.3, -0.25) is 0 Å². The van der Waals surface area contributed by atoms with Crippen molar-refractivity contribution in [2.24, 2.45) is 5.92 Å². The van der Waals surface area contributed by atoms with Crippen molar-refractivity contribution in [3.05, 3.63) is 33.3 Å². The summed E-state index contributed by atoms with van der Waals surface area (Å²) in [5.74, 6) is 2.33. The van der Waals surface area contributed by atoms with Gasteiger partial charge in [0.25, 0.3) is 0 Å². The lowest BCUT2D eigenvalue weighted by atomic mass is 9.93. The lowest BCUT2D eigenvalue weighted by Gasteiger charge is -2.15. The summed E-state index contributed by atoms with van der Waals surface area (Å²) in [6.45, 7) is 2.26. The lowest BCUT2D eigenvalue weighted by molar-refractivity contribution is 0.324. The number of aromatic nitrogens is 1. The molecule has 0 bridgehead atoms. The van der Waals surface area contributed by atoms with E-state index in [1.54, 1.807) is 32.7 Å². The summed E-state index contributed by atoms with van der Waals surface area (Å²) in [7, 11) is 4.72. The van der Waals surface area contributed by atoms with E-state index >= 15 is 0 Å². The Morgan fingerprint density at radius 2 is 1.92 bits per heavy atom. The molecule has 1 aliphatic rings. The second kappa shape index (κ2) is 7.79. The van der Waals surface area contributed by atoms with Crippen molar-refractivity contribution in [3.63, 3.8) is 0 Å². The van der Waals surface area contributed by atoms with Gasteiger partial charge in [-0.25, -0.2) is 4.98 Å². The summed E-state index contributed by atoms with van der Waals surface area (Å²) < 4.78 is 16.1. The largest absolute Gasteiger partial charge is 0.493 e. The molecular formula is C20H22N2O3S. The van der Waals surface area contributed by atoms with Crippen molar-refractivity contribution in [1.82, 2.24) is 4.98 Å². The topological polar surface area (TPSA) is 64.4 Å². The van der Waals surface area contributed by atoms with Crippen LogP contribution in [0.5, 0.6) is 17.2 Å². The number of ether oxygens (including phenoxy) is 3. The average Bonchev–Trinajstić information content (AvgIpc) is 3.07. The lowest BCUT2D eigenvalue weighted by Crippen LogP contribution is -2.09. The molecule has 0 spiro atoms. The van der Waals surface area contributed by atoms with Crippen LogP contribution in [0, 0.1) is 17.2 Å². The Labute approximate surface area is 157 Å². The molecule has 0 aliphatic heterocycles. The zero-order valence-electron chi connectivity index (χ0n) is 15.5. The number of hydrogen-bond donors (Lipinski definition) is 0. The highest BCUT2D eigenvalue weighted by atomic mass is 32.1. The Bertz CT molecular complexity index is 855. The van der Waals surface area contributed by atoms with Crippen molar-refractivity contribution in [3.8, 4) is 23.3 Å². The first kappa shape index (κ1) is 18.3. The number of fused-ring (bicyclic) bond motifs is 1. The maximum absolute atomic E-state index is 9.67. The monoisotopic (exact) mass is 370 g/mol. The Morgan fingerprint density at radius 3 is 2.50 bits per heavy atom. The number of hydrogen-bond acceptors (Lipinski definition) is 6. The fraction of sp³-hybridized carbons (Fsp3) is 0.400. The van der Waals surface area contributed by atoms with E-state index < -0.39 is 0 Å². The predicted molar refractivity (Wildman–Crippen MR) is 103 cm³/mol. The fourth-order valence-corrected chi connectivity index (χ4v) is 4.39. The molecule has 5 nitrogen and oxygen atoms in total. The van der Waals surface area contributed by atoms with Crippen molar-refractivity contribution in [2.75, 3.05) is 21.3 Å². The van der Waals surface area contributed by atoms with Crippen LogP contribution in [0.4, 0.5) is 0 Å². The summed E-state index contributed by atoms with van der Waals surface area (Å²) in [4.78, 5) is 6.02. The van der Waals surface area contributed by atoms with Crippen LogP contribution in [-0.2, 0) is 12.8 Å². The van der Waals surface area contributed by atoms with Gasteiger partial charge in [0, 0.05) is 4.88 Å². The van der Waals surface area contributed by atoms with Gasteiger partial charge in [0.1, 0.15) is 11.1 Å². The van der Waals surface area contributed by atoms with E-state index in [1.165, 1.54) is 4.88 Å². The van der Waals surface area contributed by atoms with Crippen LogP contribution < -0.4 is 14.2 Å². The van der Waals surface area contributed by atoms with Gasteiger partial charge in [0.05, 0.1) is 32.6 Å². The summed E-state index contributed by atoms with van der Waals surface area (Å²) >= 11 is 1.63. The molecule has 1 aliphatic carbocycles. The number of nitrogens with zero attached hydrogens (tertiary/aromatic N) is 2. The van der Waals surface area contributed by atoms with E-state index in [9.17, 15) is 5.26 Å². The normalized spacial score (nSPS) is 16.6. The smallest absolute Gasteiger partial charge is 0.203 e. The number of rotatable bonds is 5. The van der Waals surface area contributed by atoms with Crippen molar-refractivity contribution in [2.45, 2.75) is 26.2 Å². The summed E-state index contributed by atoms with van der Waals surface area (Å²) in [6.07, 6.45) is 5.03. The van der Waals surface area contributed by atoms with Crippen LogP contribution in [0.25, 0.3) is 11.6 Å². The maximum Gasteiger partial charge on any atom is 0.203 e. The standard InChI is InChI=1S/C20H22N2O3S/c1-12-5-6-15-18(7-12)26-20(22-15)14(11-21)8-13-9-16(23-2)19(25-4)17(10-13)24-3/h8-10,12H,5-7H2,1-4H3. The molecule has 6 heteroatoms.